The van der Waals surface area contributed by atoms with Gasteiger partial charge in [0.05, 0.1) is 0 Å². The molecular formula is C39H61N5O2. The van der Waals surface area contributed by atoms with Gasteiger partial charge in [-0.25, -0.2) is 0 Å². The van der Waals surface area contributed by atoms with Gasteiger partial charge in [-0.2, -0.15) is 0 Å². The summed E-state index contributed by atoms with van der Waals surface area (Å²) in [6, 6.07) is 12.0. The van der Waals surface area contributed by atoms with Crippen LogP contribution in [0.5, 0.6) is 0 Å². The zero-order chi connectivity index (χ0) is 32.4. The number of aryl methyl sites for hydroxylation is 2. The fraction of sp³-hybridized carbons (Fsp3) is 0.692. The second kappa shape index (κ2) is 17.0. The number of nitrogens with two attached hydrogens (primary N) is 2. The van der Waals surface area contributed by atoms with Gasteiger partial charge in [0.1, 0.15) is 11.7 Å². The number of carbonyl (C=O) groups excluding carboxylic acids is 2. The predicted molar refractivity (Wildman–Crippen MR) is 188 cm³/mol. The van der Waals surface area contributed by atoms with Gasteiger partial charge >= 0.3 is 0 Å². The van der Waals surface area contributed by atoms with E-state index in [2.05, 4.69) is 52.5 Å². The maximum Gasteiger partial charge on any atom is 0.268 e. The van der Waals surface area contributed by atoms with Crippen LogP contribution < -0.4 is 22.1 Å². The highest BCUT2D eigenvalue weighted by molar-refractivity contribution is 5.97. The molecule has 1 aromatic heterocycles. The minimum Gasteiger partial charge on any atom is -0.349 e. The summed E-state index contributed by atoms with van der Waals surface area (Å²) in [5, 5.41) is 6.82. The van der Waals surface area contributed by atoms with Crippen molar-refractivity contribution < 1.29 is 9.59 Å². The van der Waals surface area contributed by atoms with Gasteiger partial charge in [0, 0.05) is 24.2 Å². The maximum absolute atomic E-state index is 14.2. The Kier molecular flexibility index (Phi) is 12.8. The number of amides is 2. The van der Waals surface area contributed by atoms with E-state index in [1.807, 2.05) is 6.07 Å². The minimum atomic E-state index is -0.619. The van der Waals surface area contributed by atoms with E-state index in [1.165, 1.54) is 49.8 Å². The minimum absolute atomic E-state index is 0.0209. The van der Waals surface area contributed by atoms with Crippen molar-refractivity contribution in [3.8, 4) is 0 Å². The number of nitrogens with one attached hydrogen (secondary N) is 2. The summed E-state index contributed by atoms with van der Waals surface area (Å²) < 4.78 is 2.22. The molecule has 46 heavy (non-hydrogen) atoms. The Morgan fingerprint density at radius 2 is 1.35 bits per heavy atom. The van der Waals surface area contributed by atoms with Gasteiger partial charge in [-0.15, -0.1) is 0 Å². The Labute approximate surface area is 278 Å². The second-order valence-corrected chi connectivity index (χ2v) is 15.0. The van der Waals surface area contributed by atoms with Crippen LogP contribution in [-0.2, 0) is 30.6 Å². The average Bonchev–Trinajstić information content (AvgIpc) is 3.44. The van der Waals surface area contributed by atoms with Crippen LogP contribution in [0.4, 0.5) is 0 Å². The Morgan fingerprint density at radius 1 is 0.783 bits per heavy atom. The quantitative estimate of drug-likeness (QED) is 0.126. The van der Waals surface area contributed by atoms with Crippen molar-refractivity contribution in [2.24, 2.45) is 29.2 Å². The third kappa shape index (κ3) is 9.25. The highest BCUT2D eigenvalue weighted by atomic mass is 16.2. The number of aromatic nitrogens is 1. The molecule has 7 nitrogen and oxygen atoms in total. The van der Waals surface area contributed by atoms with Crippen molar-refractivity contribution in [1.29, 1.82) is 0 Å². The lowest BCUT2D eigenvalue weighted by Crippen LogP contribution is -2.63. The van der Waals surface area contributed by atoms with Crippen molar-refractivity contribution in [3.05, 3.63) is 58.9 Å². The van der Waals surface area contributed by atoms with Gasteiger partial charge < -0.3 is 26.7 Å². The average molecular weight is 632 g/mol. The Bertz CT molecular complexity index is 1220. The largest absolute Gasteiger partial charge is 0.349 e. The normalized spacial score (nSPS) is 23.8. The number of benzene rings is 1. The summed E-state index contributed by atoms with van der Waals surface area (Å²) in [6.45, 7) is 4.45. The smallest absolute Gasteiger partial charge is 0.268 e. The van der Waals surface area contributed by atoms with Crippen LogP contribution in [0.1, 0.15) is 131 Å². The molecular weight excluding hydrogens is 570 g/mol. The summed E-state index contributed by atoms with van der Waals surface area (Å²) in [6.07, 6.45) is 19.7. The predicted octanol–water partition coefficient (Wildman–Crippen LogP) is 6.45. The molecule has 1 aromatic carbocycles. The molecule has 0 spiro atoms. The number of rotatable bonds is 20. The highest BCUT2D eigenvalue weighted by Gasteiger charge is 2.52. The SMILES string of the molecule is CCc1ccc(C[C@H](NC(=O)c2ccc(CCCCCCCN)n2CCCCCCN)C(=O)NC23CC4CC(CC(C4)C2)C3)cc1. The van der Waals surface area contributed by atoms with E-state index in [0.29, 0.717) is 12.1 Å². The molecule has 2 amide bonds. The molecule has 4 aliphatic carbocycles. The van der Waals surface area contributed by atoms with Gasteiger partial charge in [0.25, 0.3) is 5.91 Å². The molecule has 0 unspecified atom stereocenters. The van der Waals surface area contributed by atoms with E-state index >= 15 is 0 Å². The van der Waals surface area contributed by atoms with E-state index in [0.717, 1.165) is 114 Å². The van der Waals surface area contributed by atoms with E-state index in [4.69, 9.17) is 11.5 Å². The molecule has 6 rings (SSSR count). The summed E-state index contributed by atoms with van der Waals surface area (Å²) in [4.78, 5) is 28.3. The molecule has 2 aromatic rings. The van der Waals surface area contributed by atoms with Crippen molar-refractivity contribution in [1.82, 2.24) is 15.2 Å². The third-order valence-corrected chi connectivity index (χ3v) is 11.2. The number of unbranched alkanes of at least 4 members (excludes halogenated alkanes) is 7. The van der Waals surface area contributed by atoms with Gasteiger partial charge in [0.15, 0.2) is 0 Å². The van der Waals surface area contributed by atoms with Crippen molar-refractivity contribution >= 4 is 11.8 Å². The molecule has 0 aliphatic heterocycles. The van der Waals surface area contributed by atoms with Crippen LogP contribution in [0, 0.1) is 17.8 Å². The Balaban J connectivity index is 1.31. The first kappa shape index (κ1) is 34.7. The maximum atomic E-state index is 14.2. The van der Waals surface area contributed by atoms with E-state index in [-0.39, 0.29) is 17.4 Å². The zero-order valence-electron chi connectivity index (χ0n) is 28.5. The van der Waals surface area contributed by atoms with Crippen LogP contribution in [0.15, 0.2) is 36.4 Å². The highest BCUT2D eigenvalue weighted by Crippen LogP contribution is 2.55. The standard InChI is InChI=1S/C39H61N5O2/c1-2-29-13-15-30(16-14-29)25-35(37(45)43-39-26-31-22-32(27-39)24-33(23-31)28-39)42-38(46)36-18-17-34(12-8-4-3-5-9-19-40)44(36)21-11-7-6-10-20-41/h13-18,31-33,35H,2-12,19-28,40-41H2,1H3,(H,42,46)(H,43,45)/t31?,32?,33?,35-,39?/m0/s1. The lowest BCUT2D eigenvalue weighted by atomic mass is 9.53. The summed E-state index contributed by atoms with van der Waals surface area (Å²) in [5.74, 6) is 2.06. The van der Waals surface area contributed by atoms with E-state index in [1.54, 1.807) is 0 Å². The molecule has 4 aliphatic rings. The lowest BCUT2D eigenvalue weighted by molar-refractivity contribution is -0.128. The monoisotopic (exact) mass is 631 g/mol. The Morgan fingerprint density at radius 3 is 1.96 bits per heavy atom. The van der Waals surface area contributed by atoms with Crippen molar-refractivity contribution in [2.45, 2.75) is 141 Å². The molecule has 0 radical (unpaired) electrons. The van der Waals surface area contributed by atoms with Crippen LogP contribution in [-0.4, -0.2) is 41.1 Å². The van der Waals surface area contributed by atoms with E-state index < -0.39 is 6.04 Å². The van der Waals surface area contributed by atoms with E-state index in [9.17, 15) is 9.59 Å². The topological polar surface area (TPSA) is 115 Å². The lowest BCUT2D eigenvalue weighted by Gasteiger charge is -2.57. The first-order valence-corrected chi connectivity index (χ1v) is 18.7. The third-order valence-electron chi connectivity index (χ3n) is 11.2. The van der Waals surface area contributed by atoms with Gasteiger partial charge in [-0.3, -0.25) is 9.59 Å². The van der Waals surface area contributed by atoms with Crippen LogP contribution in [0.2, 0.25) is 0 Å². The molecule has 4 saturated carbocycles. The van der Waals surface area contributed by atoms with Crippen LogP contribution in [0.3, 0.4) is 0 Å². The first-order chi connectivity index (χ1) is 22.4. The van der Waals surface area contributed by atoms with Crippen molar-refractivity contribution in [2.75, 3.05) is 13.1 Å². The van der Waals surface area contributed by atoms with Gasteiger partial charge in [-0.05, 0) is 131 Å². The molecule has 4 bridgehead atoms. The molecule has 1 heterocycles. The van der Waals surface area contributed by atoms with Crippen LogP contribution >= 0.6 is 0 Å². The molecule has 7 heteroatoms. The number of hydrogen-bond donors (Lipinski definition) is 4. The number of hydrogen-bond acceptors (Lipinski definition) is 4. The van der Waals surface area contributed by atoms with Crippen LogP contribution in [0.25, 0.3) is 0 Å². The van der Waals surface area contributed by atoms with Gasteiger partial charge in [-0.1, -0.05) is 63.3 Å². The number of carbonyl (C=O) groups is 2. The molecule has 4 fully saturated rings. The first-order valence-electron chi connectivity index (χ1n) is 18.7. The summed E-state index contributed by atoms with van der Waals surface area (Å²) in [5.41, 5.74) is 15.5. The van der Waals surface area contributed by atoms with Crippen molar-refractivity contribution in [3.63, 3.8) is 0 Å². The summed E-state index contributed by atoms with van der Waals surface area (Å²) in [7, 11) is 0. The molecule has 1 atom stereocenters. The Hall–Kier alpha value is -2.64. The fourth-order valence-electron chi connectivity index (χ4n) is 9.14. The zero-order valence-corrected chi connectivity index (χ0v) is 28.5. The molecule has 6 N–H and O–H groups in total. The van der Waals surface area contributed by atoms with Gasteiger partial charge in [0.2, 0.25) is 5.91 Å². The molecule has 254 valence electrons. The molecule has 0 saturated heterocycles. The summed E-state index contributed by atoms with van der Waals surface area (Å²) >= 11 is 0. The fourth-order valence-corrected chi connectivity index (χ4v) is 9.14. The second-order valence-electron chi connectivity index (χ2n) is 15.0. The number of nitrogens with zero attached hydrogens (tertiary/aromatic N) is 1.